The molecule has 18 heavy (non-hydrogen) atoms. The third kappa shape index (κ3) is 3.02. The van der Waals surface area contributed by atoms with E-state index in [1.165, 1.54) is 7.11 Å². The minimum absolute atomic E-state index is 0.0535. The van der Waals surface area contributed by atoms with Crippen molar-refractivity contribution in [3.05, 3.63) is 0 Å². The van der Waals surface area contributed by atoms with Gasteiger partial charge in [-0.25, -0.2) is 8.42 Å². The highest BCUT2D eigenvalue weighted by atomic mass is 32.2. The van der Waals surface area contributed by atoms with Crippen LogP contribution >= 0.6 is 0 Å². The summed E-state index contributed by atoms with van der Waals surface area (Å²) in [5, 5.41) is 9.09. The van der Waals surface area contributed by atoms with Gasteiger partial charge in [-0.2, -0.15) is 4.31 Å². The molecule has 1 N–H and O–H groups in total. The molecule has 104 valence electrons. The maximum Gasteiger partial charge on any atom is 0.322 e. The van der Waals surface area contributed by atoms with Gasteiger partial charge in [0, 0.05) is 20.1 Å². The van der Waals surface area contributed by atoms with Crippen molar-refractivity contribution < 1.29 is 23.1 Å². The molecule has 2 atom stereocenters. The number of rotatable bonds is 6. The number of ether oxygens (including phenoxy) is 1. The highest BCUT2D eigenvalue weighted by Gasteiger charge is 2.43. The van der Waals surface area contributed by atoms with Crippen LogP contribution in [0.2, 0.25) is 0 Å². The van der Waals surface area contributed by atoms with Crippen LogP contribution in [0.3, 0.4) is 0 Å². The molecule has 1 aliphatic carbocycles. The highest BCUT2D eigenvalue weighted by Crippen LogP contribution is 2.33. The number of hydrogen-bond donors (Lipinski definition) is 1. The van der Waals surface area contributed by atoms with E-state index in [0.717, 1.165) is 17.1 Å². The van der Waals surface area contributed by atoms with Crippen molar-refractivity contribution in [1.29, 1.82) is 0 Å². The van der Waals surface area contributed by atoms with Crippen LogP contribution in [-0.4, -0.2) is 55.4 Å². The summed E-state index contributed by atoms with van der Waals surface area (Å²) in [6, 6.07) is -0.973. The normalized spacial score (nSPS) is 29.6. The molecule has 0 spiro atoms. The van der Waals surface area contributed by atoms with Gasteiger partial charge in [0.15, 0.2) is 0 Å². The Balaban J connectivity index is 2.05. The fourth-order valence-electron chi connectivity index (χ4n) is 2.31. The zero-order chi connectivity index (χ0) is 13.3. The SMILES string of the molecule is COC1CC(C(=O)O)N(S(=O)(=O)CCC2CC2)C1. The van der Waals surface area contributed by atoms with Gasteiger partial charge >= 0.3 is 5.97 Å². The van der Waals surface area contributed by atoms with Crippen LogP contribution < -0.4 is 0 Å². The van der Waals surface area contributed by atoms with Gasteiger partial charge in [0.2, 0.25) is 10.0 Å². The van der Waals surface area contributed by atoms with Crippen LogP contribution in [-0.2, 0) is 19.6 Å². The molecule has 1 saturated heterocycles. The molecule has 2 aliphatic rings. The molecule has 2 unspecified atom stereocenters. The summed E-state index contributed by atoms with van der Waals surface area (Å²) >= 11 is 0. The van der Waals surface area contributed by atoms with Crippen molar-refractivity contribution in [3.8, 4) is 0 Å². The lowest BCUT2D eigenvalue weighted by Gasteiger charge is -2.20. The minimum Gasteiger partial charge on any atom is -0.480 e. The molecule has 0 aromatic carbocycles. The summed E-state index contributed by atoms with van der Waals surface area (Å²) in [7, 11) is -2.00. The molecule has 2 fully saturated rings. The summed E-state index contributed by atoms with van der Waals surface area (Å²) in [6.45, 7) is 0.153. The fraction of sp³-hybridized carbons (Fsp3) is 0.909. The molecule has 0 aromatic heterocycles. The molecule has 0 aromatic rings. The molecule has 0 bridgehead atoms. The van der Waals surface area contributed by atoms with Gasteiger partial charge in [0.1, 0.15) is 6.04 Å². The molecule has 1 heterocycles. The lowest BCUT2D eigenvalue weighted by Crippen LogP contribution is -2.41. The first-order valence-corrected chi connectivity index (χ1v) is 7.80. The number of methoxy groups -OCH3 is 1. The van der Waals surface area contributed by atoms with E-state index in [9.17, 15) is 13.2 Å². The summed E-state index contributed by atoms with van der Waals surface area (Å²) in [5.74, 6) is -0.522. The first-order valence-electron chi connectivity index (χ1n) is 6.19. The van der Waals surface area contributed by atoms with Crippen molar-refractivity contribution in [2.75, 3.05) is 19.4 Å². The summed E-state index contributed by atoms with van der Waals surface area (Å²) in [5.41, 5.74) is 0. The summed E-state index contributed by atoms with van der Waals surface area (Å²) in [6.07, 6.45) is 2.75. The van der Waals surface area contributed by atoms with E-state index in [2.05, 4.69) is 0 Å². The molecule has 2 rings (SSSR count). The first kappa shape index (κ1) is 13.8. The van der Waals surface area contributed by atoms with E-state index in [4.69, 9.17) is 9.84 Å². The Morgan fingerprint density at radius 1 is 1.44 bits per heavy atom. The van der Waals surface area contributed by atoms with Gasteiger partial charge in [-0.3, -0.25) is 4.79 Å². The molecular weight excluding hydrogens is 258 g/mol. The van der Waals surface area contributed by atoms with Gasteiger partial charge in [0.25, 0.3) is 0 Å². The lowest BCUT2D eigenvalue weighted by atomic mass is 10.2. The van der Waals surface area contributed by atoms with Gasteiger partial charge in [-0.05, 0) is 12.3 Å². The number of nitrogens with zero attached hydrogens (tertiary/aromatic N) is 1. The quantitative estimate of drug-likeness (QED) is 0.754. The van der Waals surface area contributed by atoms with Crippen molar-refractivity contribution in [2.24, 2.45) is 5.92 Å². The van der Waals surface area contributed by atoms with Crippen LogP contribution in [0, 0.1) is 5.92 Å². The van der Waals surface area contributed by atoms with Crippen LogP contribution in [0.1, 0.15) is 25.7 Å². The molecule has 6 nitrogen and oxygen atoms in total. The topological polar surface area (TPSA) is 83.9 Å². The number of hydrogen-bond acceptors (Lipinski definition) is 4. The summed E-state index contributed by atoms with van der Waals surface area (Å²) < 4.78 is 30.5. The lowest BCUT2D eigenvalue weighted by molar-refractivity contribution is -0.140. The minimum atomic E-state index is -3.48. The van der Waals surface area contributed by atoms with Crippen molar-refractivity contribution in [2.45, 2.75) is 37.8 Å². The zero-order valence-corrected chi connectivity index (χ0v) is 11.2. The number of carboxylic acid groups (broad SMARTS) is 1. The Kier molecular flexibility index (Phi) is 3.93. The monoisotopic (exact) mass is 277 g/mol. The maximum atomic E-state index is 12.1. The zero-order valence-electron chi connectivity index (χ0n) is 10.4. The van der Waals surface area contributed by atoms with E-state index in [-0.39, 0.29) is 24.8 Å². The van der Waals surface area contributed by atoms with Gasteiger partial charge < -0.3 is 9.84 Å². The Morgan fingerprint density at radius 3 is 2.61 bits per heavy atom. The van der Waals surface area contributed by atoms with Crippen LogP contribution in [0.5, 0.6) is 0 Å². The maximum absolute atomic E-state index is 12.1. The van der Waals surface area contributed by atoms with Gasteiger partial charge in [-0.15, -0.1) is 0 Å². The van der Waals surface area contributed by atoms with Gasteiger partial charge in [0.05, 0.1) is 11.9 Å². The largest absolute Gasteiger partial charge is 0.480 e. The number of carboxylic acids is 1. The van der Waals surface area contributed by atoms with E-state index in [0.29, 0.717) is 12.3 Å². The van der Waals surface area contributed by atoms with Crippen molar-refractivity contribution in [3.63, 3.8) is 0 Å². The first-order chi connectivity index (χ1) is 8.44. The second kappa shape index (κ2) is 5.14. The third-order valence-corrected chi connectivity index (χ3v) is 5.54. The van der Waals surface area contributed by atoms with E-state index < -0.39 is 22.0 Å². The standard InChI is InChI=1S/C11H19NO5S/c1-17-9-6-10(11(13)14)12(7-9)18(15,16)5-4-8-2-3-8/h8-10H,2-7H2,1H3,(H,13,14). The average Bonchev–Trinajstić information content (AvgIpc) is 3.02. The molecule has 7 heteroatoms. The van der Waals surface area contributed by atoms with Gasteiger partial charge in [-0.1, -0.05) is 12.8 Å². The molecule has 0 radical (unpaired) electrons. The predicted octanol–water partition coefficient (Wildman–Crippen LogP) is 0.290. The van der Waals surface area contributed by atoms with Crippen LogP contribution in [0.4, 0.5) is 0 Å². The molecule has 0 amide bonds. The molecule has 1 aliphatic heterocycles. The van der Waals surface area contributed by atoms with Crippen LogP contribution in [0.25, 0.3) is 0 Å². The number of aliphatic carboxylic acids is 1. The van der Waals surface area contributed by atoms with Crippen molar-refractivity contribution in [1.82, 2.24) is 4.31 Å². The van der Waals surface area contributed by atoms with E-state index >= 15 is 0 Å². The smallest absolute Gasteiger partial charge is 0.322 e. The molecular formula is C11H19NO5S. The predicted molar refractivity (Wildman–Crippen MR) is 64.7 cm³/mol. The average molecular weight is 277 g/mol. The Bertz CT molecular complexity index is 417. The second-order valence-electron chi connectivity index (χ2n) is 5.07. The summed E-state index contributed by atoms with van der Waals surface area (Å²) in [4.78, 5) is 11.1. The second-order valence-corrected chi connectivity index (χ2v) is 7.11. The van der Waals surface area contributed by atoms with E-state index in [1.807, 2.05) is 0 Å². The Labute approximate surface area is 107 Å². The Morgan fingerprint density at radius 2 is 2.11 bits per heavy atom. The highest BCUT2D eigenvalue weighted by molar-refractivity contribution is 7.89. The molecule has 1 saturated carbocycles. The number of carbonyl (C=O) groups is 1. The Hall–Kier alpha value is -0.660. The van der Waals surface area contributed by atoms with Crippen molar-refractivity contribution >= 4 is 16.0 Å². The fourth-order valence-corrected chi connectivity index (χ4v) is 4.13. The van der Waals surface area contributed by atoms with Crippen LogP contribution in [0.15, 0.2) is 0 Å². The van der Waals surface area contributed by atoms with E-state index in [1.54, 1.807) is 0 Å². The number of sulfonamides is 1. The third-order valence-electron chi connectivity index (χ3n) is 3.67.